The van der Waals surface area contributed by atoms with Crippen molar-refractivity contribution in [2.75, 3.05) is 13.1 Å². The zero-order valence-electron chi connectivity index (χ0n) is 12.3. The zero-order valence-corrected chi connectivity index (χ0v) is 13.8. The minimum absolute atomic E-state index is 0. The van der Waals surface area contributed by atoms with Crippen molar-refractivity contribution in [3.63, 3.8) is 0 Å². The highest BCUT2D eigenvalue weighted by molar-refractivity contribution is 6.30. The maximum absolute atomic E-state index is 9.83. The Balaban J connectivity index is 0.00000144. The van der Waals surface area contributed by atoms with Crippen LogP contribution in [0.3, 0.4) is 0 Å². The standard InChI is InChI=1S/C18H18ClNO.ClH/c19-15-3-1-14(2-4-15)18-7-9-20(10-8-18)12-13-11-16(21)5-6-17(13)18;/h1-6,11,21H,7-10,12H2;1H. The van der Waals surface area contributed by atoms with Gasteiger partial charge in [0.2, 0.25) is 0 Å². The highest BCUT2D eigenvalue weighted by Gasteiger charge is 2.42. The molecule has 3 heterocycles. The molecule has 2 aromatic carbocycles. The minimum atomic E-state index is 0. The molecule has 1 fully saturated rings. The van der Waals surface area contributed by atoms with Gasteiger partial charge < -0.3 is 5.11 Å². The number of aromatic hydroxyl groups is 1. The van der Waals surface area contributed by atoms with Crippen LogP contribution in [0, 0.1) is 0 Å². The van der Waals surface area contributed by atoms with Gasteiger partial charge in [-0.05, 0) is 66.9 Å². The van der Waals surface area contributed by atoms with Gasteiger partial charge in [-0.2, -0.15) is 0 Å². The molecule has 0 atom stereocenters. The van der Waals surface area contributed by atoms with E-state index >= 15 is 0 Å². The van der Waals surface area contributed by atoms with Gasteiger partial charge in [-0.25, -0.2) is 0 Å². The minimum Gasteiger partial charge on any atom is -0.508 e. The second-order valence-corrected chi connectivity index (χ2v) is 6.64. The monoisotopic (exact) mass is 335 g/mol. The maximum Gasteiger partial charge on any atom is 0.115 e. The summed E-state index contributed by atoms with van der Waals surface area (Å²) in [4.78, 5) is 2.49. The summed E-state index contributed by atoms with van der Waals surface area (Å²) in [5.74, 6) is 0.363. The number of phenols is 1. The Labute approximate surface area is 142 Å². The molecule has 0 saturated carbocycles. The summed E-state index contributed by atoms with van der Waals surface area (Å²) in [6.07, 6.45) is 2.26. The largest absolute Gasteiger partial charge is 0.508 e. The van der Waals surface area contributed by atoms with Crippen molar-refractivity contribution in [2.24, 2.45) is 0 Å². The molecule has 2 bridgehead atoms. The molecule has 3 aliphatic heterocycles. The molecular formula is C18H19Cl2NO. The third-order valence-electron chi connectivity index (χ3n) is 5.10. The van der Waals surface area contributed by atoms with Gasteiger partial charge in [0, 0.05) is 17.0 Å². The quantitative estimate of drug-likeness (QED) is 0.836. The first-order valence-corrected chi connectivity index (χ1v) is 7.86. The SMILES string of the molecule is Cl.Oc1ccc2c(c1)CN1CCC2(c2ccc(Cl)cc2)CC1. The number of fused-ring (bicyclic) bond motifs is 2. The van der Waals surface area contributed by atoms with Crippen LogP contribution in [-0.2, 0) is 12.0 Å². The second-order valence-electron chi connectivity index (χ2n) is 6.21. The summed E-state index contributed by atoms with van der Waals surface area (Å²) in [7, 11) is 0. The van der Waals surface area contributed by atoms with Crippen LogP contribution in [0.1, 0.15) is 29.5 Å². The van der Waals surface area contributed by atoms with E-state index in [0.29, 0.717) is 5.75 Å². The van der Waals surface area contributed by atoms with Crippen LogP contribution in [0.4, 0.5) is 0 Å². The Kier molecular flexibility index (Phi) is 4.11. The molecule has 1 saturated heterocycles. The molecule has 0 aromatic heterocycles. The van der Waals surface area contributed by atoms with Crippen LogP contribution in [0.25, 0.3) is 0 Å². The molecule has 2 nitrogen and oxygen atoms in total. The highest BCUT2D eigenvalue weighted by atomic mass is 35.5. The van der Waals surface area contributed by atoms with E-state index < -0.39 is 0 Å². The zero-order chi connectivity index (χ0) is 14.4. The average Bonchev–Trinajstić information content (AvgIpc) is 2.74. The Morgan fingerprint density at radius 2 is 1.68 bits per heavy atom. The van der Waals surface area contributed by atoms with E-state index in [9.17, 15) is 5.11 Å². The number of benzene rings is 2. The Morgan fingerprint density at radius 3 is 2.36 bits per heavy atom. The maximum atomic E-state index is 9.83. The second kappa shape index (κ2) is 5.77. The Morgan fingerprint density at radius 1 is 1.00 bits per heavy atom. The molecule has 2 aromatic rings. The summed E-state index contributed by atoms with van der Waals surface area (Å²) in [5.41, 5.74) is 4.06. The number of phenolic OH excluding ortho intramolecular Hbond substituents is 1. The number of nitrogens with zero attached hydrogens (tertiary/aromatic N) is 1. The third kappa shape index (κ3) is 2.40. The van der Waals surface area contributed by atoms with Crippen molar-refractivity contribution < 1.29 is 5.11 Å². The van der Waals surface area contributed by atoms with Crippen molar-refractivity contribution in [3.8, 4) is 5.75 Å². The number of hydrogen-bond acceptors (Lipinski definition) is 2. The molecule has 22 heavy (non-hydrogen) atoms. The molecule has 4 heteroatoms. The van der Waals surface area contributed by atoms with Crippen LogP contribution in [-0.4, -0.2) is 23.1 Å². The number of hydrogen-bond donors (Lipinski definition) is 1. The van der Waals surface area contributed by atoms with Gasteiger partial charge in [-0.1, -0.05) is 29.8 Å². The van der Waals surface area contributed by atoms with Gasteiger partial charge in [0.1, 0.15) is 5.75 Å². The van der Waals surface area contributed by atoms with Gasteiger partial charge in [-0.3, -0.25) is 4.90 Å². The molecule has 1 N–H and O–H groups in total. The predicted molar refractivity (Wildman–Crippen MR) is 92.1 cm³/mol. The van der Waals surface area contributed by atoms with Crippen LogP contribution >= 0.6 is 24.0 Å². The van der Waals surface area contributed by atoms with E-state index in [-0.39, 0.29) is 17.8 Å². The molecule has 0 radical (unpaired) electrons. The van der Waals surface area contributed by atoms with Crippen molar-refractivity contribution in [1.82, 2.24) is 4.90 Å². The van der Waals surface area contributed by atoms with Crippen LogP contribution in [0.2, 0.25) is 5.02 Å². The van der Waals surface area contributed by atoms with E-state index in [2.05, 4.69) is 23.1 Å². The summed E-state index contributed by atoms with van der Waals surface area (Å²) < 4.78 is 0. The van der Waals surface area contributed by atoms with Crippen LogP contribution < -0.4 is 0 Å². The molecular weight excluding hydrogens is 317 g/mol. The fourth-order valence-corrected chi connectivity index (χ4v) is 4.12. The van der Waals surface area contributed by atoms with E-state index in [4.69, 9.17) is 11.6 Å². The molecule has 116 valence electrons. The molecule has 0 unspecified atom stereocenters. The lowest BCUT2D eigenvalue weighted by atomic mass is 9.68. The topological polar surface area (TPSA) is 23.5 Å². The first kappa shape index (κ1) is 15.7. The van der Waals surface area contributed by atoms with Crippen molar-refractivity contribution >= 4 is 24.0 Å². The highest BCUT2D eigenvalue weighted by Crippen LogP contribution is 2.46. The van der Waals surface area contributed by atoms with E-state index in [0.717, 1.165) is 37.5 Å². The van der Waals surface area contributed by atoms with E-state index in [1.807, 2.05) is 24.3 Å². The summed E-state index contributed by atoms with van der Waals surface area (Å²) in [6, 6.07) is 14.2. The lowest BCUT2D eigenvalue weighted by Gasteiger charge is -2.39. The third-order valence-corrected chi connectivity index (χ3v) is 5.36. The normalized spacial score (nSPS) is 26.0. The van der Waals surface area contributed by atoms with Crippen molar-refractivity contribution in [2.45, 2.75) is 24.8 Å². The van der Waals surface area contributed by atoms with Crippen molar-refractivity contribution in [3.05, 3.63) is 64.2 Å². The predicted octanol–water partition coefficient (Wildman–Crippen LogP) is 4.36. The van der Waals surface area contributed by atoms with E-state index in [1.54, 1.807) is 0 Å². The average molecular weight is 336 g/mol. The van der Waals surface area contributed by atoms with Gasteiger partial charge in [0.15, 0.2) is 0 Å². The first-order valence-electron chi connectivity index (χ1n) is 7.48. The summed E-state index contributed by atoms with van der Waals surface area (Å²) >= 11 is 6.06. The van der Waals surface area contributed by atoms with E-state index in [1.165, 1.54) is 16.7 Å². The van der Waals surface area contributed by atoms with Gasteiger partial charge >= 0.3 is 0 Å². The molecule has 0 amide bonds. The van der Waals surface area contributed by atoms with Gasteiger partial charge in [0.05, 0.1) is 0 Å². The molecule has 5 rings (SSSR count). The fraction of sp³-hybridized carbons (Fsp3) is 0.333. The number of halogens is 2. The van der Waals surface area contributed by atoms with Gasteiger partial charge in [0.25, 0.3) is 0 Å². The van der Waals surface area contributed by atoms with Gasteiger partial charge in [-0.15, -0.1) is 12.4 Å². The van der Waals surface area contributed by atoms with Crippen LogP contribution in [0.15, 0.2) is 42.5 Å². The lowest BCUT2D eigenvalue weighted by molar-refractivity contribution is 0.190. The Bertz CT molecular complexity index is 676. The summed E-state index contributed by atoms with van der Waals surface area (Å²) in [6.45, 7) is 3.16. The number of rotatable bonds is 1. The Hall–Kier alpha value is -1.22. The molecule has 0 aliphatic carbocycles. The molecule has 0 spiro atoms. The molecule has 3 aliphatic rings. The fourth-order valence-electron chi connectivity index (χ4n) is 3.99. The summed E-state index contributed by atoms with van der Waals surface area (Å²) in [5, 5.41) is 10.6. The number of piperidine rings is 1. The van der Waals surface area contributed by atoms with Crippen LogP contribution in [0.5, 0.6) is 5.75 Å². The lowest BCUT2D eigenvalue weighted by Crippen LogP contribution is -2.39. The smallest absolute Gasteiger partial charge is 0.115 e. The first-order chi connectivity index (χ1) is 10.2. The van der Waals surface area contributed by atoms with Crippen molar-refractivity contribution in [1.29, 1.82) is 0 Å².